The Hall–Kier alpha value is -0.570. The van der Waals surface area contributed by atoms with Crippen LogP contribution in [0.25, 0.3) is 0 Å². The molecule has 0 heterocycles. The Balaban J connectivity index is 2.16. The molecule has 1 fully saturated rings. The van der Waals surface area contributed by atoms with Crippen molar-refractivity contribution in [1.82, 2.24) is 4.90 Å². The molecule has 0 saturated heterocycles. The van der Waals surface area contributed by atoms with Crippen molar-refractivity contribution in [2.75, 3.05) is 13.6 Å². The lowest BCUT2D eigenvalue weighted by Gasteiger charge is -2.48. The minimum Gasteiger partial charge on any atom is -0.329 e. The van der Waals surface area contributed by atoms with E-state index in [0.29, 0.717) is 0 Å². The van der Waals surface area contributed by atoms with E-state index >= 15 is 0 Å². The molecule has 0 radical (unpaired) electrons. The maximum atomic E-state index is 6.30. The fraction of sp³-hybridized carbons (Fsp3) is 0.647. The number of halogens is 1. The molecule has 1 aromatic carbocycles. The Bertz CT molecular complexity index is 436. The van der Waals surface area contributed by atoms with E-state index in [1.54, 1.807) is 0 Å². The van der Waals surface area contributed by atoms with Crippen LogP contribution in [0.15, 0.2) is 24.3 Å². The van der Waals surface area contributed by atoms with E-state index in [2.05, 4.69) is 37.9 Å². The van der Waals surface area contributed by atoms with Crippen LogP contribution in [0.5, 0.6) is 0 Å². The number of benzene rings is 1. The highest BCUT2D eigenvalue weighted by Crippen LogP contribution is 2.39. The Morgan fingerprint density at radius 1 is 1.25 bits per heavy atom. The standard InChI is InChI=1S/C17H27ClN2/c1-13-8-14(2)10-17(9-13,12-19)20(3)11-15-6-4-5-7-16(15)18/h4-7,13-14H,8-12,19H2,1-3H3. The molecule has 0 bridgehead atoms. The van der Waals surface area contributed by atoms with Crippen molar-refractivity contribution in [3.05, 3.63) is 34.9 Å². The molecule has 2 atom stereocenters. The van der Waals surface area contributed by atoms with Gasteiger partial charge in [-0.3, -0.25) is 4.90 Å². The van der Waals surface area contributed by atoms with E-state index < -0.39 is 0 Å². The molecule has 112 valence electrons. The van der Waals surface area contributed by atoms with Crippen molar-refractivity contribution in [1.29, 1.82) is 0 Å². The molecular weight excluding hydrogens is 268 g/mol. The van der Waals surface area contributed by atoms with Crippen molar-refractivity contribution in [2.24, 2.45) is 17.6 Å². The number of hydrogen-bond donors (Lipinski definition) is 1. The Morgan fingerprint density at radius 2 is 1.85 bits per heavy atom. The third-order valence-electron chi connectivity index (χ3n) is 4.82. The molecule has 0 aliphatic heterocycles. The smallest absolute Gasteiger partial charge is 0.0451 e. The van der Waals surface area contributed by atoms with Crippen molar-refractivity contribution in [3.8, 4) is 0 Å². The molecule has 1 aromatic rings. The van der Waals surface area contributed by atoms with Crippen molar-refractivity contribution >= 4 is 11.6 Å². The van der Waals surface area contributed by atoms with Gasteiger partial charge < -0.3 is 5.73 Å². The predicted molar refractivity (Wildman–Crippen MR) is 86.9 cm³/mol. The summed E-state index contributed by atoms with van der Waals surface area (Å²) in [7, 11) is 2.20. The second-order valence-corrected chi connectivity index (χ2v) is 7.14. The third-order valence-corrected chi connectivity index (χ3v) is 5.19. The number of hydrogen-bond acceptors (Lipinski definition) is 2. The first kappa shape index (κ1) is 15.8. The molecule has 2 rings (SSSR count). The number of rotatable bonds is 4. The Labute approximate surface area is 128 Å². The fourth-order valence-corrected chi connectivity index (χ4v) is 4.11. The normalized spacial score (nSPS) is 30.7. The topological polar surface area (TPSA) is 29.3 Å². The first-order chi connectivity index (χ1) is 9.47. The van der Waals surface area contributed by atoms with Crippen LogP contribution in [0.4, 0.5) is 0 Å². The third kappa shape index (κ3) is 3.36. The van der Waals surface area contributed by atoms with E-state index in [1.807, 2.05) is 12.1 Å². The van der Waals surface area contributed by atoms with Crippen molar-refractivity contribution in [2.45, 2.75) is 45.2 Å². The van der Waals surface area contributed by atoms with Gasteiger partial charge in [0.15, 0.2) is 0 Å². The van der Waals surface area contributed by atoms with Crippen LogP contribution in [0, 0.1) is 11.8 Å². The van der Waals surface area contributed by atoms with Crippen LogP contribution >= 0.6 is 11.6 Å². The van der Waals surface area contributed by atoms with E-state index in [1.165, 1.54) is 24.8 Å². The van der Waals surface area contributed by atoms with E-state index in [9.17, 15) is 0 Å². The molecule has 2 nitrogen and oxygen atoms in total. The van der Waals surface area contributed by atoms with Gasteiger partial charge in [-0.05, 0) is 49.8 Å². The van der Waals surface area contributed by atoms with E-state index in [0.717, 1.165) is 29.9 Å². The molecule has 2 unspecified atom stereocenters. The summed E-state index contributed by atoms with van der Waals surface area (Å²) in [4.78, 5) is 2.43. The van der Waals surface area contributed by atoms with Crippen LogP contribution < -0.4 is 5.73 Å². The Morgan fingerprint density at radius 3 is 2.40 bits per heavy atom. The molecule has 0 amide bonds. The second kappa shape index (κ2) is 6.46. The van der Waals surface area contributed by atoms with Gasteiger partial charge in [0.05, 0.1) is 0 Å². The summed E-state index contributed by atoms with van der Waals surface area (Å²) in [6.07, 6.45) is 3.70. The maximum Gasteiger partial charge on any atom is 0.0451 e. The fourth-order valence-electron chi connectivity index (χ4n) is 3.92. The lowest BCUT2D eigenvalue weighted by molar-refractivity contribution is 0.0333. The van der Waals surface area contributed by atoms with Crippen LogP contribution in [0.2, 0.25) is 5.02 Å². The highest BCUT2D eigenvalue weighted by molar-refractivity contribution is 6.31. The highest BCUT2D eigenvalue weighted by atomic mass is 35.5. The van der Waals surface area contributed by atoms with Gasteiger partial charge in [0.1, 0.15) is 0 Å². The minimum atomic E-state index is 0.121. The lowest BCUT2D eigenvalue weighted by atomic mass is 9.70. The molecule has 0 spiro atoms. The van der Waals surface area contributed by atoms with Gasteiger partial charge in [-0.2, -0.15) is 0 Å². The monoisotopic (exact) mass is 294 g/mol. The SMILES string of the molecule is CC1CC(C)CC(CN)(N(C)Cc2ccccc2Cl)C1. The van der Waals surface area contributed by atoms with Crippen molar-refractivity contribution in [3.63, 3.8) is 0 Å². The largest absolute Gasteiger partial charge is 0.329 e. The average Bonchev–Trinajstić information content (AvgIpc) is 2.40. The van der Waals surface area contributed by atoms with Gasteiger partial charge >= 0.3 is 0 Å². The predicted octanol–water partition coefficient (Wildman–Crippen LogP) is 3.93. The van der Waals surface area contributed by atoms with Crippen LogP contribution in [-0.2, 0) is 6.54 Å². The van der Waals surface area contributed by atoms with Gasteiger partial charge in [-0.1, -0.05) is 43.6 Å². The Kier molecular flexibility index (Phi) is 5.11. The van der Waals surface area contributed by atoms with Crippen LogP contribution in [0.3, 0.4) is 0 Å². The summed E-state index contributed by atoms with van der Waals surface area (Å²) >= 11 is 6.30. The molecule has 1 aliphatic carbocycles. The molecule has 0 aromatic heterocycles. The maximum absolute atomic E-state index is 6.30. The molecule has 20 heavy (non-hydrogen) atoms. The lowest BCUT2D eigenvalue weighted by Crippen LogP contribution is -2.55. The average molecular weight is 295 g/mol. The summed E-state index contributed by atoms with van der Waals surface area (Å²) in [5.41, 5.74) is 7.49. The van der Waals surface area contributed by atoms with E-state index in [-0.39, 0.29) is 5.54 Å². The van der Waals surface area contributed by atoms with Gasteiger partial charge in [-0.15, -0.1) is 0 Å². The molecule has 1 saturated carbocycles. The van der Waals surface area contributed by atoms with Gasteiger partial charge in [0, 0.05) is 23.7 Å². The molecule has 3 heteroatoms. The van der Waals surface area contributed by atoms with Crippen molar-refractivity contribution < 1.29 is 0 Å². The molecular formula is C17H27ClN2. The van der Waals surface area contributed by atoms with Crippen LogP contribution in [0.1, 0.15) is 38.7 Å². The van der Waals surface area contributed by atoms with E-state index in [4.69, 9.17) is 17.3 Å². The number of likely N-dealkylation sites (N-methyl/N-ethyl adjacent to an activating group) is 1. The minimum absolute atomic E-state index is 0.121. The number of nitrogens with zero attached hydrogens (tertiary/aromatic N) is 1. The highest BCUT2D eigenvalue weighted by Gasteiger charge is 2.39. The summed E-state index contributed by atoms with van der Waals surface area (Å²) in [6, 6.07) is 8.11. The summed E-state index contributed by atoms with van der Waals surface area (Å²) in [6.45, 7) is 6.30. The first-order valence-corrected chi connectivity index (χ1v) is 7.99. The molecule has 1 aliphatic rings. The molecule has 2 N–H and O–H groups in total. The summed E-state index contributed by atoms with van der Waals surface area (Å²) in [5, 5.41) is 0.850. The summed E-state index contributed by atoms with van der Waals surface area (Å²) in [5.74, 6) is 1.49. The van der Waals surface area contributed by atoms with Crippen LogP contribution in [-0.4, -0.2) is 24.0 Å². The van der Waals surface area contributed by atoms with Gasteiger partial charge in [0.2, 0.25) is 0 Å². The first-order valence-electron chi connectivity index (χ1n) is 7.61. The quantitative estimate of drug-likeness (QED) is 0.912. The second-order valence-electron chi connectivity index (χ2n) is 6.73. The zero-order valence-corrected chi connectivity index (χ0v) is 13.7. The summed E-state index contributed by atoms with van der Waals surface area (Å²) < 4.78 is 0. The van der Waals surface area contributed by atoms with Gasteiger partial charge in [-0.25, -0.2) is 0 Å². The zero-order valence-electron chi connectivity index (χ0n) is 12.9. The van der Waals surface area contributed by atoms with Gasteiger partial charge in [0.25, 0.3) is 0 Å². The number of nitrogens with two attached hydrogens (primary N) is 1. The zero-order chi connectivity index (χ0) is 14.8.